The predicted octanol–water partition coefficient (Wildman–Crippen LogP) is 4.36. The lowest BCUT2D eigenvalue weighted by Gasteiger charge is -2.06. The molecule has 3 aromatic rings. The number of hydrogen-bond acceptors (Lipinski definition) is 3. The zero-order valence-corrected chi connectivity index (χ0v) is 14.8. The average Bonchev–Trinajstić information content (AvgIpc) is 2.97. The molecule has 0 radical (unpaired) electrons. The Morgan fingerprint density at radius 1 is 1.19 bits per heavy atom. The number of amides is 1. The van der Waals surface area contributed by atoms with Crippen molar-refractivity contribution >= 4 is 27.5 Å². The standard InChI is InChI=1S/C17H12BrF3N4O/c18-14-10-25(24-15(14)17(19,20)21)9-11-3-5-12(6-4-11)16(26)23-13-2-1-7-22-8-13/h1-8,10H,9H2,(H,23,26). The third-order valence-electron chi connectivity index (χ3n) is 3.47. The van der Waals surface area contributed by atoms with Gasteiger partial charge in [-0.1, -0.05) is 12.1 Å². The summed E-state index contributed by atoms with van der Waals surface area (Å²) in [6, 6.07) is 9.96. The Morgan fingerprint density at radius 3 is 2.50 bits per heavy atom. The second-order valence-electron chi connectivity index (χ2n) is 5.41. The Kier molecular flexibility index (Phi) is 5.08. The maximum Gasteiger partial charge on any atom is 0.436 e. The maximum absolute atomic E-state index is 12.8. The number of halogens is 4. The Hall–Kier alpha value is -2.68. The molecular formula is C17H12BrF3N4O. The van der Waals surface area contributed by atoms with Gasteiger partial charge in [0.2, 0.25) is 0 Å². The van der Waals surface area contributed by atoms with Gasteiger partial charge in [-0.25, -0.2) is 0 Å². The number of alkyl halides is 3. The predicted molar refractivity (Wildman–Crippen MR) is 92.7 cm³/mol. The molecule has 2 aromatic heterocycles. The summed E-state index contributed by atoms with van der Waals surface area (Å²) >= 11 is 2.87. The fraction of sp³-hybridized carbons (Fsp3) is 0.118. The van der Waals surface area contributed by atoms with Crippen molar-refractivity contribution in [2.45, 2.75) is 12.7 Å². The summed E-state index contributed by atoms with van der Waals surface area (Å²) in [5, 5.41) is 6.25. The van der Waals surface area contributed by atoms with Crippen molar-refractivity contribution in [2.24, 2.45) is 0 Å². The number of rotatable bonds is 4. The van der Waals surface area contributed by atoms with Crippen LogP contribution in [0.3, 0.4) is 0 Å². The molecule has 1 aromatic carbocycles. The minimum atomic E-state index is -4.52. The van der Waals surface area contributed by atoms with Crippen LogP contribution in [0.15, 0.2) is 59.5 Å². The summed E-state index contributed by atoms with van der Waals surface area (Å²) in [5.41, 5.74) is 0.745. The number of nitrogens with one attached hydrogen (secondary N) is 1. The van der Waals surface area contributed by atoms with E-state index in [4.69, 9.17) is 0 Å². The van der Waals surface area contributed by atoms with E-state index in [2.05, 4.69) is 31.3 Å². The lowest BCUT2D eigenvalue weighted by Crippen LogP contribution is -2.12. The highest BCUT2D eigenvalue weighted by molar-refractivity contribution is 9.10. The van der Waals surface area contributed by atoms with E-state index < -0.39 is 11.9 Å². The molecule has 1 amide bonds. The van der Waals surface area contributed by atoms with Gasteiger partial charge in [0.15, 0.2) is 5.69 Å². The van der Waals surface area contributed by atoms with E-state index in [1.54, 1.807) is 42.6 Å². The summed E-state index contributed by atoms with van der Waals surface area (Å²) in [6.45, 7) is 0.152. The zero-order valence-electron chi connectivity index (χ0n) is 13.2. The first-order chi connectivity index (χ1) is 12.3. The number of aromatic nitrogens is 3. The molecule has 0 bridgehead atoms. The average molecular weight is 425 g/mol. The van der Waals surface area contributed by atoms with Crippen molar-refractivity contribution in [3.8, 4) is 0 Å². The van der Waals surface area contributed by atoms with Gasteiger partial charge in [-0.05, 0) is 45.8 Å². The fourth-order valence-corrected chi connectivity index (χ4v) is 2.80. The van der Waals surface area contributed by atoms with Crippen LogP contribution in [-0.2, 0) is 12.7 Å². The second-order valence-corrected chi connectivity index (χ2v) is 6.27. The third kappa shape index (κ3) is 4.29. The number of hydrogen-bond donors (Lipinski definition) is 1. The van der Waals surface area contributed by atoms with Crippen molar-refractivity contribution < 1.29 is 18.0 Å². The summed E-state index contributed by atoms with van der Waals surface area (Å²) in [5.74, 6) is -0.300. The fourth-order valence-electron chi connectivity index (χ4n) is 2.26. The van der Waals surface area contributed by atoms with Crippen LogP contribution in [0.4, 0.5) is 18.9 Å². The van der Waals surface area contributed by atoms with Gasteiger partial charge in [0.05, 0.1) is 22.9 Å². The molecule has 3 rings (SSSR count). The lowest BCUT2D eigenvalue weighted by molar-refractivity contribution is -0.142. The van der Waals surface area contributed by atoms with Gasteiger partial charge in [-0.15, -0.1) is 0 Å². The number of benzene rings is 1. The van der Waals surface area contributed by atoms with E-state index in [-0.39, 0.29) is 16.9 Å². The lowest BCUT2D eigenvalue weighted by atomic mass is 10.1. The van der Waals surface area contributed by atoms with Crippen LogP contribution in [0, 0.1) is 0 Å². The molecule has 2 heterocycles. The van der Waals surface area contributed by atoms with Crippen LogP contribution in [-0.4, -0.2) is 20.7 Å². The summed E-state index contributed by atoms with van der Waals surface area (Å²) < 4.78 is 39.4. The Labute approximate surface area is 155 Å². The summed E-state index contributed by atoms with van der Waals surface area (Å²) in [4.78, 5) is 16.1. The van der Waals surface area contributed by atoms with Crippen molar-refractivity contribution in [2.75, 3.05) is 5.32 Å². The normalized spacial score (nSPS) is 11.4. The molecule has 0 fully saturated rings. The molecule has 134 valence electrons. The van der Waals surface area contributed by atoms with Gasteiger partial charge in [0, 0.05) is 18.0 Å². The molecule has 0 aliphatic carbocycles. The first kappa shape index (κ1) is 18.1. The molecule has 0 unspecified atom stereocenters. The van der Waals surface area contributed by atoms with E-state index in [1.807, 2.05) is 0 Å². The number of anilines is 1. The number of pyridine rings is 1. The minimum Gasteiger partial charge on any atom is -0.321 e. The monoisotopic (exact) mass is 424 g/mol. The number of carbonyl (C=O) groups is 1. The zero-order chi connectivity index (χ0) is 18.7. The van der Waals surface area contributed by atoms with E-state index in [1.165, 1.54) is 17.1 Å². The van der Waals surface area contributed by atoms with Gasteiger partial charge in [-0.3, -0.25) is 14.5 Å². The Morgan fingerprint density at radius 2 is 1.92 bits per heavy atom. The van der Waals surface area contributed by atoms with E-state index >= 15 is 0 Å². The first-order valence-electron chi connectivity index (χ1n) is 7.43. The highest BCUT2D eigenvalue weighted by Crippen LogP contribution is 2.33. The molecule has 0 atom stereocenters. The van der Waals surface area contributed by atoms with Crippen LogP contribution in [0.2, 0.25) is 0 Å². The van der Waals surface area contributed by atoms with E-state index in [0.29, 0.717) is 16.8 Å². The van der Waals surface area contributed by atoms with Crippen molar-refractivity contribution in [3.05, 3.63) is 76.3 Å². The van der Waals surface area contributed by atoms with Crippen LogP contribution < -0.4 is 5.32 Å². The number of nitrogens with zero attached hydrogens (tertiary/aromatic N) is 3. The molecule has 1 N–H and O–H groups in total. The Balaban J connectivity index is 1.69. The molecule has 0 aliphatic heterocycles. The molecule has 0 spiro atoms. The highest BCUT2D eigenvalue weighted by atomic mass is 79.9. The molecule has 26 heavy (non-hydrogen) atoms. The van der Waals surface area contributed by atoms with Crippen LogP contribution >= 0.6 is 15.9 Å². The van der Waals surface area contributed by atoms with E-state index in [0.717, 1.165) is 0 Å². The molecular weight excluding hydrogens is 413 g/mol. The van der Waals surface area contributed by atoms with Crippen molar-refractivity contribution in [1.29, 1.82) is 0 Å². The van der Waals surface area contributed by atoms with E-state index in [9.17, 15) is 18.0 Å². The van der Waals surface area contributed by atoms with Gasteiger partial charge in [0.1, 0.15) is 0 Å². The van der Waals surface area contributed by atoms with Gasteiger partial charge < -0.3 is 5.32 Å². The molecule has 5 nitrogen and oxygen atoms in total. The minimum absolute atomic E-state index is 0.113. The van der Waals surface area contributed by atoms with Gasteiger partial charge in [-0.2, -0.15) is 18.3 Å². The largest absolute Gasteiger partial charge is 0.436 e. The summed E-state index contributed by atoms with van der Waals surface area (Å²) in [6.07, 6.45) is -0.119. The maximum atomic E-state index is 12.8. The van der Waals surface area contributed by atoms with Crippen LogP contribution in [0.5, 0.6) is 0 Å². The molecule has 0 aliphatic rings. The third-order valence-corrected chi connectivity index (χ3v) is 4.05. The van der Waals surface area contributed by atoms with Gasteiger partial charge >= 0.3 is 6.18 Å². The SMILES string of the molecule is O=C(Nc1cccnc1)c1ccc(Cn2cc(Br)c(C(F)(F)F)n2)cc1. The van der Waals surface area contributed by atoms with Crippen LogP contribution in [0.25, 0.3) is 0 Å². The summed E-state index contributed by atoms with van der Waals surface area (Å²) in [7, 11) is 0. The molecule has 0 saturated heterocycles. The Bertz CT molecular complexity index is 908. The first-order valence-corrected chi connectivity index (χ1v) is 8.23. The molecule has 9 heteroatoms. The topological polar surface area (TPSA) is 59.8 Å². The highest BCUT2D eigenvalue weighted by Gasteiger charge is 2.36. The number of carbonyl (C=O) groups excluding carboxylic acids is 1. The van der Waals surface area contributed by atoms with Crippen LogP contribution in [0.1, 0.15) is 21.6 Å². The van der Waals surface area contributed by atoms with Gasteiger partial charge in [0.25, 0.3) is 5.91 Å². The second kappa shape index (κ2) is 7.28. The smallest absolute Gasteiger partial charge is 0.321 e. The molecule has 0 saturated carbocycles. The van der Waals surface area contributed by atoms with Crippen molar-refractivity contribution in [3.63, 3.8) is 0 Å². The van der Waals surface area contributed by atoms with Crippen molar-refractivity contribution in [1.82, 2.24) is 14.8 Å². The quantitative estimate of drug-likeness (QED) is 0.676.